The van der Waals surface area contributed by atoms with Crippen molar-refractivity contribution in [3.63, 3.8) is 0 Å². The first-order valence-electron chi connectivity index (χ1n) is 6.59. The molecule has 1 aromatic heterocycles. The highest BCUT2D eigenvalue weighted by Crippen LogP contribution is 2.22. The number of para-hydroxylation sites is 1. The first-order chi connectivity index (χ1) is 9.89. The van der Waals surface area contributed by atoms with Gasteiger partial charge in [0, 0.05) is 29.5 Å². The summed E-state index contributed by atoms with van der Waals surface area (Å²) >= 11 is 3.21. The Balaban J connectivity index is 2.31. The van der Waals surface area contributed by atoms with E-state index in [1.54, 1.807) is 0 Å². The van der Waals surface area contributed by atoms with E-state index in [9.17, 15) is 13.2 Å². The fourth-order valence-electron chi connectivity index (χ4n) is 2.35. The molecule has 0 saturated carbocycles. The Kier molecular flexibility index (Phi) is 5.22. The molecule has 0 aliphatic carbocycles. The van der Waals surface area contributed by atoms with Crippen LogP contribution in [0.2, 0.25) is 0 Å². The van der Waals surface area contributed by atoms with E-state index < -0.39 is 12.7 Å². The van der Waals surface area contributed by atoms with Gasteiger partial charge in [0.1, 0.15) is 0 Å². The quantitative estimate of drug-likeness (QED) is 0.739. The van der Waals surface area contributed by atoms with Crippen molar-refractivity contribution in [3.8, 4) is 0 Å². The van der Waals surface area contributed by atoms with Crippen LogP contribution in [0.4, 0.5) is 13.2 Å². The lowest BCUT2D eigenvalue weighted by Gasteiger charge is -2.23. The third-order valence-corrected chi connectivity index (χ3v) is 3.48. The Hall–Kier alpha value is -1.14. The highest BCUT2D eigenvalue weighted by Gasteiger charge is 2.30. The molecule has 2 rings (SSSR count). The third kappa shape index (κ3) is 4.68. The second kappa shape index (κ2) is 6.75. The molecule has 2 aromatic rings. The Morgan fingerprint density at radius 2 is 1.95 bits per heavy atom. The molecular formula is C15H16BrF3N2. The molecule has 6 heteroatoms. The molecule has 0 fully saturated rings. The van der Waals surface area contributed by atoms with Crippen molar-refractivity contribution in [2.75, 3.05) is 18.4 Å². The molecule has 0 bridgehead atoms. The summed E-state index contributed by atoms with van der Waals surface area (Å²) in [6.07, 6.45) is -4.19. The summed E-state index contributed by atoms with van der Waals surface area (Å²) in [6, 6.07) is 9.40. The van der Waals surface area contributed by atoms with Crippen molar-refractivity contribution in [2.24, 2.45) is 0 Å². The highest BCUT2D eigenvalue weighted by molar-refractivity contribution is 9.09. The maximum Gasteiger partial charge on any atom is 0.401 e. The van der Waals surface area contributed by atoms with Crippen LogP contribution in [0.5, 0.6) is 0 Å². The number of aryl methyl sites for hydroxylation is 1. The second-order valence-electron chi connectivity index (χ2n) is 4.95. The van der Waals surface area contributed by atoms with Crippen LogP contribution < -0.4 is 0 Å². The van der Waals surface area contributed by atoms with E-state index in [2.05, 4.69) is 20.9 Å². The summed E-state index contributed by atoms with van der Waals surface area (Å²) in [7, 11) is 0. The zero-order chi connectivity index (χ0) is 15.5. The molecule has 0 saturated heterocycles. The third-order valence-electron chi connectivity index (χ3n) is 3.13. The normalized spacial score (nSPS) is 12.3. The van der Waals surface area contributed by atoms with Gasteiger partial charge in [-0.1, -0.05) is 34.1 Å². The van der Waals surface area contributed by atoms with Gasteiger partial charge in [-0.15, -0.1) is 0 Å². The molecule has 1 aromatic carbocycles. The molecule has 0 spiro atoms. The Morgan fingerprint density at radius 1 is 1.24 bits per heavy atom. The van der Waals surface area contributed by atoms with E-state index in [0.717, 1.165) is 22.2 Å². The van der Waals surface area contributed by atoms with Gasteiger partial charge in [0.15, 0.2) is 0 Å². The van der Waals surface area contributed by atoms with E-state index in [1.165, 1.54) is 4.90 Å². The number of nitrogens with zero attached hydrogens (tertiary/aromatic N) is 2. The van der Waals surface area contributed by atoms with E-state index in [1.807, 2.05) is 37.3 Å². The van der Waals surface area contributed by atoms with Gasteiger partial charge < -0.3 is 0 Å². The Morgan fingerprint density at radius 3 is 2.62 bits per heavy atom. The van der Waals surface area contributed by atoms with Gasteiger partial charge in [-0.25, -0.2) is 0 Å². The molecule has 0 unspecified atom stereocenters. The lowest BCUT2D eigenvalue weighted by Crippen LogP contribution is -2.35. The van der Waals surface area contributed by atoms with Crippen molar-refractivity contribution in [1.29, 1.82) is 0 Å². The largest absolute Gasteiger partial charge is 0.401 e. The lowest BCUT2D eigenvalue weighted by atomic mass is 10.1. The number of fused-ring (bicyclic) bond motifs is 1. The van der Waals surface area contributed by atoms with Crippen LogP contribution in [0.1, 0.15) is 11.3 Å². The fraction of sp³-hybridized carbons (Fsp3) is 0.400. The summed E-state index contributed by atoms with van der Waals surface area (Å²) in [5, 5.41) is 1.41. The van der Waals surface area contributed by atoms with Crippen molar-refractivity contribution >= 4 is 26.8 Å². The van der Waals surface area contributed by atoms with Crippen LogP contribution in [0.25, 0.3) is 10.9 Å². The Bertz CT molecular complexity index is 613. The second-order valence-corrected chi connectivity index (χ2v) is 5.75. The molecule has 0 aliphatic heterocycles. The predicted octanol–water partition coefficient (Wildman–Crippen LogP) is 4.30. The molecule has 0 atom stereocenters. The maximum atomic E-state index is 12.7. The SMILES string of the molecule is Cc1cc(CN(CCBr)CC(F)(F)F)c2ccccc2n1. The van der Waals surface area contributed by atoms with Crippen LogP contribution >= 0.6 is 15.9 Å². The number of hydrogen-bond acceptors (Lipinski definition) is 2. The van der Waals surface area contributed by atoms with Gasteiger partial charge in [-0.2, -0.15) is 13.2 Å². The van der Waals surface area contributed by atoms with Gasteiger partial charge in [-0.05, 0) is 24.6 Å². The fourth-order valence-corrected chi connectivity index (χ4v) is 2.86. The minimum atomic E-state index is -4.19. The number of rotatable bonds is 5. The van der Waals surface area contributed by atoms with E-state index in [0.29, 0.717) is 11.9 Å². The van der Waals surface area contributed by atoms with Crippen LogP contribution in [0.3, 0.4) is 0 Å². The smallest absolute Gasteiger partial charge is 0.290 e. The minimum absolute atomic E-state index is 0.259. The van der Waals surface area contributed by atoms with Crippen LogP contribution in [-0.4, -0.2) is 34.5 Å². The summed E-state index contributed by atoms with van der Waals surface area (Å²) in [5.41, 5.74) is 2.51. The van der Waals surface area contributed by atoms with E-state index in [-0.39, 0.29) is 6.54 Å². The van der Waals surface area contributed by atoms with Gasteiger partial charge in [-0.3, -0.25) is 9.88 Å². The molecular weight excluding hydrogens is 345 g/mol. The standard InChI is InChI=1S/C15H16BrF3N2/c1-11-8-12(13-4-2-3-5-14(13)20-11)9-21(7-6-16)10-15(17,18)19/h2-5,8H,6-7,9-10H2,1H3. The number of alkyl halides is 4. The number of pyridine rings is 1. The zero-order valence-corrected chi connectivity index (χ0v) is 13.2. The number of benzene rings is 1. The van der Waals surface area contributed by atoms with Crippen LogP contribution in [0.15, 0.2) is 30.3 Å². The van der Waals surface area contributed by atoms with Crippen molar-refractivity contribution in [1.82, 2.24) is 9.88 Å². The lowest BCUT2D eigenvalue weighted by molar-refractivity contribution is -0.146. The van der Waals surface area contributed by atoms with Gasteiger partial charge in [0.05, 0.1) is 12.1 Å². The molecule has 2 nitrogen and oxygen atoms in total. The summed E-state index contributed by atoms with van der Waals surface area (Å²) in [6.45, 7) is 1.55. The van der Waals surface area contributed by atoms with Gasteiger partial charge in [0.2, 0.25) is 0 Å². The van der Waals surface area contributed by atoms with Crippen LogP contribution in [0, 0.1) is 6.92 Å². The first kappa shape index (κ1) is 16.2. The summed E-state index contributed by atoms with van der Waals surface area (Å²) in [4.78, 5) is 5.81. The maximum absolute atomic E-state index is 12.7. The predicted molar refractivity (Wildman–Crippen MR) is 81.6 cm³/mol. The van der Waals surface area contributed by atoms with E-state index >= 15 is 0 Å². The Labute approximate surface area is 130 Å². The van der Waals surface area contributed by atoms with E-state index in [4.69, 9.17) is 0 Å². The summed E-state index contributed by atoms with van der Waals surface area (Å²) in [5.74, 6) is 0. The van der Waals surface area contributed by atoms with Gasteiger partial charge in [0.25, 0.3) is 0 Å². The minimum Gasteiger partial charge on any atom is -0.290 e. The van der Waals surface area contributed by atoms with Crippen molar-refractivity contribution in [2.45, 2.75) is 19.6 Å². The molecule has 0 amide bonds. The van der Waals surface area contributed by atoms with Crippen LogP contribution in [-0.2, 0) is 6.54 Å². The average molecular weight is 361 g/mol. The topological polar surface area (TPSA) is 16.1 Å². The zero-order valence-electron chi connectivity index (χ0n) is 11.6. The van der Waals surface area contributed by atoms with Crippen molar-refractivity contribution in [3.05, 3.63) is 41.6 Å². The average Bonchev–Trinajstić information content (AvgIpc) is 2.36. The summed E-state index contributed by atoms with van der Waals surface area (Å²) < 4.78 is 38.0. The number of aromatic nitrogens is 1. The molecule has 21 heavy (non-hydrogen) atoms. The highest BCUT2D eigenvalue weighted by atomic mass is 79.9. The molecule has 1 heterocycles. The molecule has 0 aliphatic rings. The number of hydrogen-bond donors (Lipinski definition) is 0. The monoisotopic (exact) mass is 360 g/mol. The van der Waals surface area contributed by atoms with Gasteiger partial charge >= 0.3 is 6.18 Å². The number of halogens is 4. The molecule has 0 radical (unpaired) electrons. The molecule has 114 valence electrons. The first-order valence-corrected chi connectivity index (χ1v) is 7.71. The molecule has 0 N–H and O–H groups in total. The van der Waals surface area contributed by atoms with Crippen molar-refractivity contribution < 1.29 is 13.2 Å².